The molecule has 7 nitrogen and oxygen atoms in total. The number of rotatable bonds is 9. The van der Waals surface area contributed by atoms with Crippen LogP contribution in [-0.2, 0) is 9.53 Å². The summed E-state index contributed by atoms with van der Waals surface area (Å²) in [6.07, 6.45) is 1.22. The van der Waals surface area contributed by atoms with Crippen LogP contribution in [0.2, 0.25) is 0 Å². The molecule has 0 radical (unpaired) electrons. The highest BCUT2D eigenvalue weighted by Crippen LogP contribution is 2.34. The molecule has 0 N–H and O–H groups in total. The third-order valence-electron chi connectivity index (χ3n) is 3.22. The molecule has 2 rings (SSSR count). The summed E-state index contributed by atoms with van der Waals surface area (Å²) in [6, 6.07) is 6.39. The van der Waals surface area contributed by atoms with Crippen LogP contribution in [0.1, 0.15) is 19.8 Å². The van der Waals surface area contributed by atoms with Gasteiger partial charge in [-0.3, -0.25) is 14.9 Å². The average Bonchev–Trinajstić information content (AvgIpc) is 3.31. The van der Waals surface area contributed by atoms with E-state index in [0.29, 0.717) is 12.4 Å². The monoisotopic (exact) mass is 309 g/mol. The highest BCUT2D eigenvalue weighted by molar-refractivity contribution is 5.76. The van der Waals surface area contributed by atoms with Gasteiger partial charge in [0.1, 0.15) is 30.6 Å². The lowest BCUT2D eigenvalue weighted by molar-refractivity contribution is -0.497. The molecule has 1 fully saturated rings. The number of nitro groups is 1. The quantitative estimate of drug-likeness (QED) is 0.300. The molecule has 7 heteroatoms. The zero-order chi connectivity index (χ0) is 15.9. The predicted molar refractivity (Wildman–Crippen MR) is 77.6 cm³/mol. The fourth-order valence-electron chi connectivity index (χ4n) is 1.93. The standard InChI is InChI=1S/C15H19NO6/c1-2-7-20-11-3-5-12(6-4-11)21-8-9-22-15(17)13-10-14(13)16(18)19/h3-6,13-14H,2,7-10H2,1H3. The van der Waals surface area contributed by atoms with E-state index in [-0.39, 0.29) is 19.6 Å². The van der Waals surface area contributed by atoms with Crippen LogP contribution in [0, 0.1) is 16.0 Å². The zero-order valence-corrected chi connectivity index (χ0v) is 12.4. The van der Waals surface area contributed by atoms with Crippen LogP contribution in [0.15, 0.2) is 24.3 Å². The topological polar surface area (TPSA) is 87.9 Å². The lowest BCUT2D eigenvalue weighted by Crippen LogP contribution is -2.17. The smallest absolute Gasteiger partial charge is 0.316 e. The Kier molecular flexibility index (Phi) is 5.57. The van der Waals surface area contributed by atoms with Gasteiger partial charge in [-0.15, -0.1) is 0 Å². The van der Waals surface area contributed by atoms with E-state index in [9.17, 15) is 14.9 Å². The van der Waals surface area contributed by atoms with Gasteiger partial charge in [0.15, 0.2) is 0 Å². The zero-order valence-electron chi connectivity index (χ0n) is 12.4. The van der Waals surface area contributed by atoms with E-state index in [2.05, 4.69) is 0 Å². The maximum absolute atomic E-state index is 11.5. The Morgan fingerprint density at radius 2 is 1.77 bits per heavy atom. The summed E-state index contributed by atoms with van der Waals surface area (Å²) in [7, 11) is 0. The second-order valence-electron chi connectivity index (χ2n) is 5.03. The Morgan fingerprint density at radius 1 is 1.18 bits per heavy atom. The molecule has 0 spiro atoms. The van der Waals surface area contributed by atoms with Crippen molar-refractivity contribution < 1.29 is 23.9 Å². The van der Waals surface area contributed by atoms with Gasteiger partial charge in [0.05, 0.1) is 6.61 Å². The maximum Gasteiger partial charge on any atom is 0.316 e. The summed E-state index contributed by atoms with van der Waals surface area (Å²) in [5, 5.41) is 10.4. The lowest BCUT2D eigenvalue weighted by atomic mass is 10.3. The van der Waals surface area contributed by atoms with E-state index in [0.717, 1.165) is 12.2 Å². The van der Waals surface area contributed by atoms with Gasteiger partial charge in [-0.25, -0.2) is 0 Å². The van der Waals surface area contributed by atoms with E-state index in [1.165, 1.54) is 0 Å². The van der Waals surface area contributed by atoms with Crippen LogP contribution in [0.5, 0.6) is 11.5 Å². The summed E-state index contributed by atoms with van der Waals surface area (Å²) in [4.78, 5) is 21.5. The van der Waals surface area contributed by atoms with Crippen molar-refractivity contribution in [1.82, 2.24) is 0 Å². The molecule has 0 saturated heterocycles. The first-order valence-electron chi connectivity index (χ1n) is 7.27. The number of hydrogen-bond acceptors (Lipinski definition) is 6. The molecule has 1 saturated carbocycles. The first kappa shape index (κ1) is 16.1. The average molecular weight is 309 g/mol. The lowest BCUT2D eigenvalue weighted by Gasteiger charge is -2.08. The largest absolute Gasteiger partial charge is 0.494 e. The molecule has 1 aliphatic rings. The van der Waals surface area contributed by atoms with Crippen molar-refractivity contribution in [3.8, 4) is 11.5 Å². The molecule has 1 aromatic carbocycles. The molecule has 0 aromatic heterocycles. The van der Waals surface area contributed by atoms with E-state index in [4.69, 9.17) is 14.2 Å². The highest BCUT2D eigenvalue weighted by atomic mass is 16.6. The number of carbonyl (C=O) groups is 1. The second kappa shape index (κ2) is 7.63. The summed E-state index contributed by atoms with van der Waals surface area (Å²) in [5.41, 5.74) is 0. The molecule has 0 amide bonds. The second-order valence-corrected chi connectivity index (χ2v) is 5.03. The number of benzene rings is 1. The third kappa shape index (κ3) is 4.61. The van der Waals surface area contributed by atoms with Crippen molar-refractivity contribution in [2.24, 2.45) is 5.92 Å². The minimum atomic E-state index is -0.774. The van der Waals surface area contributed by atoms with Gasteiger partial charge in [0.2, 0.25) is 6.04 Å². The molecule has 0 heterocycles. The van der Waals surface area contributed by atoms with Crippen LogP contribution in [0.25, 0.3) is 0 Å². The molecule has 1 aliphatic carbocycles. The fourth-order valence-corrected chi connectivity index (χ4v) is 1.93. The van der Waals surface area contributed by atoms with Crippen LogP contribution in [0.4, 0.5) is 0 Å². The fraction of sp³-hybridized carbons (Fsp3) is 0.533. The Bertz CT molecular complexity index is 515. The highest BCUT2D eigenvalue weighted by Gasteiger charge is 2.54. The summed E-state index contributed by atoms with van der Waals surface area (Å²) in [6.45, 7) is 2.99. The Hall–Kier alpha value is -2.31. The molecule has 1 aromatic rings. The van der Waals surface area contributed by atoms with Gasteiger partial charge < -0.3 is 14.2 Å². The van der Waals surface area contributed by atoms with Gasteiger partial charge in [0, 0.05) is 11.3 Å². The van der Waals surface area contributed by atoms with E-state index in [1.807, 2.05) is 19.1 Å². The molecule has 120 valence electrons. The molecular formula is C15H19NO6. The molecule has 22 heavy (non-hydrogen) atoms. The van der Waals surface area contributed by atoms with Crippen LogP contribution in [0.3, 0.4) is 0 Å². The molecule has 2 unspecified atom stereocenters. The minimum Gasteiger partial charge on any atom is -0.494 e. The Balaban J connectivity index is 1.62. The van der Waals surface area contributed by atoms with Crippen molar-refractivity contribution in [2.45, 2.75) is 25.8 Å². The van der Waals surface area contributed by atoms with Crippen molar-refractivity contribution >= 4 is 5.97 Å². The first-order chi connectivity index (χ1) is 10.6. The van der Waals surface area contributed by atoms with Crippen molar-refractivity contribution in [1.29, 1.82) is 0 Å². The van der Waals surface area contributed by atoms with E-state index in [1.54, 1.807) is 12.1 Å². The maximum atomic E-state index is 11.5. The number of hydrogen-bond donors (Lipinski definition) is 0. The SMILES string of the molecule is CCCOc1ccc(OCCOC(=O)C2CC2[N+](=O)[O-])cc1. The van der Waals surface area contributed by atoms with E-state index < -0.39 is 22.9 Å². The number of ether oxygens (including phenoxy) is 3. The summed E-state index contributed by atoms with van der Waals surface area (Å²) < 4.78 is 15.8. The van der Waals surface area contributed by atoms with Crippen LogP contribution in [-0.4, -0.2) is 36.8 Å². The van der Waals surface area contributed by atoms with Gasteiger partial charge in [0.25, 0.3) is 0 Å². The van der Waals surface area contributed by atoms with Crippen LogP contribution < -0.4 is 9.47 Å². The third-order valence-corrected chi connectivity index (χ3v) is 3.22. The molecule has 0 aliphatic heterocycles. The first-order valence-corrected chi connectivity index (χ1v) is 7.27. The summed E-state index contributed by atoms with van der Waals surface area (Å²) >= 11 is 0. The normalized spacial score (nSPS) is 19.3. The molecular weight excluding hydrogens is 290 g/mol. The van der Waals surface area contributed by atoms with Crippen molar-refractivity contribution in [3.63, 3.8) is 0 Å². The Morgan fingerprint density at radius 3 is 2.27 bits per heavy atom. The van der Waals surface area contributed by atoms with Gasteiger partial charge in [-0.1, -0.05) is 6.92 Å². The van der Waals surface area contributed by atoms with E-state index >= 15 is 0 Å². The predicted octanol–water partition coefficient (Wildman–Crippen LogP) is 2.06. The van der Waals surface area contributed by atoms with Gasteiger partial charge >= 0.3 is 5.97 Å². The number of nitrogens with zero attached hydrogens (tertiary/aromatic N) is 1. The van der Waals surface area contributed by atoms with Gasteiger partial charge in [-0.2, -0.15) is 0 Å². The number of esters is 1. The van der Waals surface area contributed by atoms with Gasteiger partial charge in [-0.05, 0) is 30.7 Å². The minimum absolute atomic E-state index is 0.0772. The number of carbonyl (C=O) groups excluding carboxylic acids is 1. The van der Waals surface area contributed by atoms with Crippen molar-refractivity contribution in [2.75, 3.05) is 19.8 Å². The van der Waals surface area contributed by atoms with Crippen molar-refractivity contribution in [3.05, 3.63) is 34.4 Å². The molecule has 0 bridgehead atoms. The summed E-state index contributed by atoms with van der Waals surface area (Å²) in [5.74, 6) is 0.313. The molecule has 2 atom stereocenters. The Labute approximate surface area is 128 Å². The van der Waals surface area contributed by atoms with Crippen LogP contribution >= 0.6 is 0 Å².